The second-order valence-electron chi connectivity index (χ2n) is 2.97. The van der Waals surface area contributed by atoms with Gasteiger partial charge in [0.15, 0.2) is 0 Å². The lowest BCUT2D eigenvalue weighted by Crippen LogP contribution is -1.95. The van der Waals surface area contributed by atoms with Crippen molar-refractivity contribution in [2.75, 3.05) is 0 Å². The molecule has 1 radical (unpaired) electrons. The highest BCUT2D eigenvalue weighted by molar-refractivity contribution is 6.00. The van der Waals surface area contributed by atoms with Gasteiger partial charge in [-0.05, 0) is 11.5 Å². The summed E-state index contributed by atoms with van der Waals surface area (Å²) < 4.78 is 0. The molecule has 0 aromatic heterocycles. The molecule has 0 heterocycles. The molecule has 3 nitrogen and oxygen atoms in total. The van der Waals surface area contributed by atoms with Crippen LogP contribution in [0.1, 0.15) is 10.4 Å². The zero-order chi connectivity index (χ0) is 10.1. The van der Waals surface area contributed by atoms with E-state index in [0.717, 1.165) is 5.39 Å². The maximum atomic E-state index is 11.6. The molecule has 0 saturated carbocycles. The molecule has 1 N–H and O–H groups in total. The molecule has 0 fully saturated rings. The van der Waals surface area contributed by atoms with Crippen LogP contribution in [0.15, 0.2) is 36.4 Å². The van der Waals surface area contributed by atoms with Gasteiger partial charge in [-0.2, -0.15) is 0 Å². The van der Waals surface area contributed by atoms with E-state index in [0.29, 0.717) is 5.39 Å². The zero-order valence-corrected chi connectivity index (χ0v) is 7.23. The quantitative estimate of drug-likeness (QED) is 0.746. The van der Waals surface area contributed by atoms with Gasteiger partial charge in [-0.15, -0.1) is 0 Å². The Morgan fingerprint density at radius 1 is 1.07 bits per heavy atom. The summed E-state index contributed by atoms with van der Waals surface area (Å²) in [5.74, 6) is -1.60. The molecule has 0 atom stereocenters. The van der Waals surface area contributed by atoms with Gasteiger partial charge >= 0.3 is 5.97 Å². The lowest BCUT2D eigenvalue weighted by molar-refractivity contribution is 0.0692. The molecule has 14 heavy (non-hydrogen) atoms. The number of carbonyl (C=O) groups is 1. The smallest absolute Gasteiger partial charge is 0.339 e. The largest absolute Gasteiger partial charge is 0.478 e. The van der Waals surface area contributed by atoms with E-state index >= 15 is 0 Å². The Hall–Kier alpha value is -2.03. The van der Waals surface area contributed by atoms with Crippen molar-refractivity contribution in [1.82, 2.24) is 0 Å². The van der Waals surface area contributed by atoms with Gasteiger partial charge in [0.25, 0.3) is 0 Å². The number of fused-ring (bicyclic) bond motifs is 1. The number of benzene rings is 2. The number of rotatable bonds is 1. The van der Waals surface area contributed by atoms with E-state index in [4.69, 9.17) is 5.11 Å². The molecule has 3 heteroatoms. The lowest BCUT2D eigenvalue weighted by atomic mass is 10.1. The van der Waals surface area contributed by atoms with E-state index in [1.807, 2.05) is 6.07 Å². The SMILES string of the molecule is [O]c1c(C(=O)O)ccc2ccccc12. The Morgan fingerprint density at radius 2 is 1.79 bits per heavy atom. The summed E-state index contributed by atoms with van der Waals surface area (Å²) >= 11 is 0. The monoisotopic (exact) mass is 187 g/mol. The highest BCUT2D eigenvalue weighted by Gasteiger charge is 2.13. The molecule has 0 bridgehead atoms. The minimum atomic E-state index is -1.18. The Morgan fingerprint density at radius 3 is 2.50 bits per heavy atom. The molecular weight excluding hydrogens is 180 g/mol. The highest BCUT2D eigenvalue weighted by Crippen LogP contribution is 2.28. The summed E-state index contributed by atoms with van der Waals surface area (Å²) in [6.07, 6.45) is 0. The van der Waals surface area contributed by atoms with Crippen LogP contribution in [-0.4, -0.2) is 11.1 Å². The zero-order valence-electron chi connectivity index (χ0n) is 7.23. The molecular formula is C11H7O3. The number of hydrogen-bond donors (Lipinski definition) is 1. The summed E-state index contributed by atoms with van der Waals surface area (Å²) in [6.45, 7) is 0. The average Bonchev–Trinajstić information content (AvgIpc) is 2.18. The lowest BCUT2D eigenvalue weighted by Gasteiger charge is -2.00. The number of carboxylic acid groups (broad SMARTS) is 1. The van der Waals surface area contributed by atoms with E-state index in [2.05, 4.69) is 0 Å². The van der Waals surface area contributed by atoms with E-state index in [1.165, 1.54) is 6.07 Å². The third kappa shape index (κ3) is 1.19. The predicted octanol–water partition coefficient (Wildman–Crippen LogP) is 2.68. The van der Waals surface area contributed by atoms with Crippen molar-refractivity contribution in [2.45, 2.75) is 0 Å². The third-order valence-electron chi connectivity index (χ3n) is 2.11. The first-order valence-corrected chi connectivity index (χ1v) is 4.12. The predicted molar refractivity (Wildman–Crippen MR) is 51.0 cm³/mol. The topological polar surface area (TPSA) is 57.2 Å². The minimum absolute atomic E-state index is 0.177. The summed E-state index contributed by atoms with van der Waals surface area (Å²) in [7, 11) is 0. The van der Waals surface area contributed by atoms with Gasteiger partial charge in [-0.1, -0.05) is 30.3 Å². The molecule has 0 spiro atoms. The fraction of sp³-hybridized carbons (Fsp3) is 0. The Kier molecular flexibility index (Phi) is 1.85. The van der Waals surface area contributed by atoms with Crippen LogP contribution in [0.4, 0.5) is 0 Å². The molecule has 0 aliphatic rings. The normalized spacial score (nSPS) is 10.3. The average molecular weight is 187 g/mol. The van der Waals surface area contributed by atoms with Gasteiger partial charge in [-0.3, -0.25) is 5.11 Å². The summed E-state index contributed by atoms with van der Waals surface area (Å²) in [6, 6.07) is 9.91. The van der Waals surface area contributed by atoms with Gasteiger partial charge in [0.2, 0.25) is 5.75 Å². The van der Waals surface area contributed by atoms with Crippen molar-refractivity contribution >= 4 is 16.7 Å². The van der Waals surface area contributed by atoms with Crippen LogP contribution in [0.25, 0.3) is 10.8 Å². The van der Waals surface area contributed by atoms with Crippen LogP contribution in [0.2, 0.25) is 0 Å². The van der Waals surface area contributed by atoms with Crippen molar-refractivity contribution in [2.24, 2.45) is 0 Å². The summed E-state index contributed by atoms with van der Waals surface area (Å²) in [4.78, 5) is 10.7. The first kappa shape index (κ1) is 8.56. The van der Waals surface area contributed by atoms with Gasteiger partial charge in [0.05, 0.1) is 0 Å². The molecule has 69 valence electrons. The van der Waals surface area contributed by atoms with E-state index in [9.17, 15) is 9.90 Å². The highest BCUT2D eigenvalue weighted by atomic mass is 16.4. The molecule has 2 aromatic rings. The second kappa shape index (κ2) is 3.03. The van der Waals surface area contributed by atoms with Crippen molar-refractivity contribution in [3.63, 3.8) is 0 Å². The Labute approximate surface area is 80.2 Å². The maximum Gasteiger partial charge on any atom is 0.339 e. The first-order valence-electron chi connectivity index (χ1n) is 4.12. The number of hydrogen-bond acceptors (Lipinski definition) is 1. The van der Waals surface area contributed by atoms with Gasteiger partial charge < -0.3 is 5.11 Å². The molecule has 0 aliphatic heterocycles. The Bertz CT molecular complexity index is 503. The van der Waals surface area contributed by atoms with E-state index in [-0.39, 0.29) is 5.56 Å². The first-order chi connectivity index (χ1) is 6.70. The van der Waals surface area contributed by atoms with E-state index < -0.39 is 11.7 Å². The van der Waals surface area contributed by atoms with Crippen LogP contribution in [0, 0.1) is 0 Å². The van der Waals surface area contributed by atoms with Crippen LogP contribution < -0.4 is 0 Å². The maximum absolute atomic E-state index is 11.6. The van der Waals surface area contributed by atoms with E-state index in [1.54, 1.807) is 24.3 Å². The molecule has 2 rings (SSSR count). The van der Waals surface area contributed by atoms with Crippen molar-refractivity contribution in [1.29, 1.82) is 0 Å². The van der Waals surface area contributed by atoms with Crippen LogP contribution in [0.3, 0.4) is 0 Å². The fourth-order valence-corrected chi connectivity index (χ4v) is 1.41. The number of aromatic carboxylic acids is 1. The van der Waals surface area contributed by atoms with Crippen LogP contribution >= 0.6 is 0 Å². The van der Waals surface area contributed by atoms with Crippen molar-refractivity contribution < 1.29 is 15.0 Å². The van der Waals surface area contributed by atoms with Crippen LogP contribution in [0.5, 0.6) is 5.75 Å². The van der Waals surface area contributed by atoms with Gasteiger partial charge in [0, 0.05) is 5.39 Å². The molecule has 2 aromatic carbocycles. The summed E-state index contributed by atoms with van der Waals surface area (Å²) in [5, 5.41) is 21.5. The van der Waals surface area contributed by atoms with Crippen LogP contribution in [-0.2, 0) is 5.11 Å². The Balaban J connectivity index is 2.81. The minimum Gasteiger partial charge on any atom is -0.478 e. The standard InChI is InChI=1S/C11H7O3/c12-10-8-4-2-1-3-7(8)5-6-9(10)11(13)14/h1-6H,(H,13,14). The number of carboxylic acids is 1. The van der Waals surface area contributed by atoms with Crippen molar-refractivity contribution in [3.8, 4) is 5.75 Å². The van der Waals surface area contributed by atoms with Gasteiger partial charge in [-0.25, -0.2) is 4.79 Å². The molecule has 0 unspecified atom stereocenters. The molecule has 0 aliphatic carbocycles. The molecule has 0 amide bonds. The fourth-order valence-electron chi connectivity index (χ4n) is 1.41. The second-order valence-corrected chi connectivity index (χ2v) is 2.97. The summed E-state index contributed by atoms with van der Waals surface area (Å²) in [5.41, 5.74) is -0.177. The van der Waals surface area contributed by atoms with Gasteiger partial charge in [0.1, 0.15) is 5.56 Å². The third-order valence-corrected chi connectivity index (χ3v) is 2.11. The van der Waals surface area contributed by atoms with Crippen molar-refractivity contribution in [3.05, 3.63) is 42.0 Å². The molecule has 0 saturated heterocycles.